The Morgan fingerprint density at radius 3 is 1.21 bits per heavy atom. The SMILES string of the molecule is CCOCC.CC[n+]1[c-]n(CCO)cc1.CC[n+]1[c-]n(CCO)cc1.F[P-](F)(F)(F)(F)F.[Au+]. The number of aryl methyl sites for hydroxylation is 2. The Bertz CT molecular complexity index is 672. The zero-order valence-electron chi connectivity index (χ0n) is 19.1. The van der Waals surface area contributed by atoms with E-state index in [4.69, 9.17) is 14.9 Å². The predicted molar refractivity (Wildman–Crippen MR) is 108 cm³/mol. The first kappa shape index (κ1) is 36.6. The molecule has 0 aliphatic carbocycles. The Morgan fingerprint density at radius 2 is 1.06 bits per heavy atom. The Labute approximate surface area is 206 Å². The van der Waals surface area contributed by atoms with Crippen molar-refractivity contribution in [1.82, 2.24) is 9.13 Å². The van der Waals surface area contributed by atoms with Crippen molar-refractivity contribution in [3.8, 4) is 0 Å². The summed E-state index contributed by atoms with van der Waals surface area (Å²) in [6, 6.07) is 0. The van der Waals surface area contributed by atoms with Crippen molar-refractivity contribution >= 4 is 7.81 Å². The van der Waals surface area contributed by atoms with Gasteiger partial charge in [0.15, 0.2) is 0 Å². The summed E-state index contributed by atoms with van der Waals surface area (Å²) < 4.78 is 71.6. The molecule has 2 rings (SSSR count). The molecular formula is C18H34AuF6N4O3P. The van der Waals surface area contributed by atoms with Gasteiger partial charge in [0.1, 0.15) is 0 Å². The molecule has 7 nitrogen and oxygen atoms in total. The minimum Gasteiger partial charge on any atom is 1.00 e. The molecule has 0 atom stereocenters. The van der Waals surface area contributed by atoms with Gasteiger partial charge in [0, 0.05) is 13.2 Å². The van der Waals surface area contributed by atoms with Crippen molar-refractivity contribution in [3.63, 3.8) is 0 Å². The number of aliphatic hydroxyl groups excluding tert-OH is 2. The molecule has 202 valence electrons. The predicted octanol–water partition coefficient (Wildman–Crippen LogP) is 3.60. The van der Waals surface area contributed by atoms with Crippen LogP contribution in [0.1, 0.15) is 27.7 Å². The molecule has 0 aliphatic rings. The monoisotopic (exact) mass is 696 g/mol. The van der Waals surface area contributed by atoms with Gasteiger partial charge >= 0.3 is 55.4 Å². The van der Waals surface area contributed by atoms with E-state index in [1.807, 2.05) is 56.9 Å². The molecule has 2 heterocycles. The molecule has 0 bridgehead atoms. The summed E-state index contributed by atoms with van der Waals surface area (Å²) in [6.45, 7) is 13.3. The van der Waals surface area contributed by atoms with E-state index in [1.54, 1.807) is 0 Å². The minimum absolute atomic E-state index is 0. The van der Waals surface area contributed by atoms with Gasteiger partial charge in [-0.25, -0.2) is 0 Å². The van der Waals surface area contributed by atoms with E-state index in [1.165, 1.54) is 0 Å². The molecule has 15 heteroatoms. The minimum atomic E-state index is -10.7. The zero-order valence-corrected chi connectivity index (χ0v) is 22.1. The number of hydrogen-bond donors (Lipinski definition) is 2. The van der Waals surface area contributed by atoms with E-state index in [2.05, 4.69) is 26.5 Å². The molecule has 0 unspecified atom stereocenters. The van der Waals surface area contributed by atoms with Gasteiger partial charge < -0.3 is 33.2 Å². The van der Waals surface area contributed by atoms with Gasteiger partial charge in [0.25, 0.3) is 0 Å². The maximum absolute atomic E-state index is 10.7. The molecule has 2 aromatic heterocycles. The van der Waals surface area contributed by atoms with Crippen LogP contribution in [0, 0.1) is 12.7 Å². The van der Waals surface area contributed by atoms with E-state index >= 15 is 0 Å². The van der Waals surface area contributed by atoms with Gasteiger partial charge in [-0.05, 0) is 52.5 Å². The number of nitrogens with zero attached hydrogens (tertiary/aromatic N) is 4. The topological polar surface area (TPSA) is 67.3 Å². The second-order valence-electron chi connectivity index (χ2n) is 5.94. The third-order valence-electron chi connectivity index (χ3n) is 3.14. The van der Waals surface area contributed by atoms with E-state index in [-0.39, 0.29) is 35.6 Å². The van der Waals surface area contributed by atoms with Crippen LogP contribution in [0.25, 0.3) is 0 Å². The standard InChI is InChI=1S/2C7H12N2O.C4H10O.Au.F6P/c2*1-2-8-3-4-9(7-8)5-6-10;1-3-5-4-2;;1-7(2,3,4,5)6/h2*3-4,10H,2,5-6H2,1H3;3-4H2,1-2H3;;/q;;;+1;-1. The van der Waals surface area contributed by atoms with E-state index < -0.39 is 7.81 Å². The average molecular weight is 696 g/mol. The Kier molecular flexibility index (Phi) is 18.5. The average Bonchev–Trinajstić information content (AvgIpc) is 3.31. The number of aliphatic hydroxyl groups is 2. The molecule has 0 saturated heterocycles. The van der Waals surface area contributed by atoms with Gasteiger partial charge in [-0.1, -0.05) is 0 Å². The molecule has 2 N–H and O–H groups in total. The largest absolute Gasteiger partial charge is 1.00 e. The molecule has 0 aromatic carbocycles. The smallest absolute Gasteiger partial charge is 1.00 e. The summed E-state index contributed by atoms with van der Waals surface area (Å²) in [6.07, 6.45) is 13.8. The molecule has 0 amide bonds. The fraction of sp³-hybridized carbons (Fsp3) is 0.667. The fourth-order valence-corrected chi connectivity index (χ4v) is 1.81. The number of rotatable bonds is 8. The van der Waals surface area contributed by atoms with E-state index in [0.717, 1.165) is 26.3 Å². The van der Waals surface area contributed by atoms with Crippen LogP contribution in [0.15, 0.2) is 24.8 Å². The maximum atomic E-state index is 9.87. The fourth-order valence-electron chi connectivity index (χ4n) is 1.81. The van der Waals surface area contributed by atoms with Crippen molar-refractivity contribution in [2.24, 2.45) is 0 Å². The van der Waals surface area contributed by atoms with Crippen LogP contribution in [-0.4, -0.2) is 45.8 Å². The summed E-state index contributed by atoms with van der Waals surface area (Å²) in [7, 11) is -10.7. The van der Waals surface area contributed by atoms with Gasteiger partial charge in [0.2, 0.25) is 12.7 Å². The molecule has 0 aliphatic heterocycles. The van der Waals surface area contributed by atoms with Crippen LogP contribution in [0.4, 0.5) is 25.2 Å². The zero-order chi connectivity index (χ0) is 25.3. The summed E-state index contributed by atoms with van der Waals surface area (Å²) in [5.74, 6) is 0. The number of imidazole rings is 2. The second kappa shape index (κ2) is 16.6. The first-order chi connectivity index (χ1) is 14.6. The first-order valence-corrected chi connectivity index (χ1v) is 11.9. The number of halogens is 6. The van der Waals surface area contributed by atoms with Crippen molar-refractivity contribution in [1.29, 1.82) is 0 Å². The third-order valence-corrected chi connectivity index (χ3v) is 3.14. The number of aromatic nitrogens is 4. The van der Waals surface area contributed by atoms with Crippen LogP contribution in [0.2, 0.25) is 0 Å². The van der Waals surface area contributed by atoms with Crippen molar-refractivity contribution in [3.05, 3.63) is 37.4 Å². The first-order valence-electron chi connectivity index (χ1n) is 9.91. The summed E-state index contributed by atoms with van der Waals surface area (Å²) in [5, 5.41) is 17.1. The molecule has 0 saturated carbocycles. The van der Waals surface area contributed by atoms with Gasteiger partial charge in [0.05, 0.1) is 39.4 Å². The Balaban J connectivity index is -0.000000373. The molecular weight excluding hydrogens is 662 g/mol. The van der Waals surface area contributed by atoms with Crippen molar-refractivity contribution < 1.29 is 71.6 Å². The number of hydrogen-bond acceptors (Lipinski definition) is 3. The van der Waals surface area contributed by atoms with Crippen LogP contribution in [0.5, 0.6) is 0 Å². The maximum Gasteiger partial charge on any atom is 1.00 e. The van der Waals surface area contributed by atoms with Gasteiger partial charge in [-0.3, -0.25) is 0 Å². The van der Waals surface area contributed by atoms with Crippen LogP contribution >= 0.6 is 7.81 Å². The Morgan fingerprint density at radius 1 is 0.758 bits per heavy atom. The van der Waals surface area contributed by atoms with Crippen molar-refractivity contribution in [2.75, 3.05) is 26.4 Å². The third kappa shape index (κ3) is 31.1. The van der Waals surface area contributed by atoms with Crippen molar-refractivity contribution in [2.45, 2.75) is 53.9 Å². The van der Waals surface area contributed by atoms with Crippen LogP contribution < -0.4 is 9.13 Å². The van der Waals surface area contributed by atoms with Crippen LogP contribution in [-0.2, 0) is 53.3 Å². The summed E-state index contributed by atoms with van der Waals surface area (Å²) >= 11 is 0. The van der Waals surface area contributed by atoms with E-state index in [9.17, 15) is 25.2 Å². The molecule has 2 aromatic rings. The van der Waals surface area contributed by atoms with E-state index in [0.29, 0.717) is 13.1 Å². The van der Waals surface area contributed by atoms with Gasteiger partial charge in [-0.15, -0.1) is 0 Å². The second-order valence-corrected chi connectivity index (χ2v) is 7.86. The van der Waals surface area contributed by atoms with Gasteiger partial charge in [-0.2, -0.15) is 0 Å². The molecule has 0 spiro atoms. The number of ether oxygens (including phenoxy) is 1. The quantitative estimate of drug-likeness (QED) is 0.146. The Hall–Kier alpha value is -0.950. The normalized spacial score (nSPS) is 12.4. The summed E-state index contributed by atoms with van der Waals surface area (Å²) in [4.78, 5) is 0. The molecule has 33 heavy (non-hydrogen) atoms. The summed E-state index contributed by atoms with van der Waals surface area (Å²) in [5.41, 5.74) is 0. The molecule has 0 fully saturated rings. The van der Waals surface area contributed by atoms with Crippen LogP contribution in [0.3, 0.4) is 0 Å². The molecule has 0 radical (unpaired) electrons.